The maximum Gasteiger partial charge on any atom is 0.128 e. The van der Waals surface area contributed by atoms with E-state index in [4.69, 9.17) is 0 Å². The molecule has 0 aliphatic rings. The van der Waals surface area contributed by atoms with Crippen molar-refractivity contribution in [2.45, 2.75) is 5.33 Å². The van der Waals surface area contributed by atoms with Crippen LogP contribution in [0.5, 0.6) is 0 Å². The first-order valence-electron chi connectivity index (χ1n) is 4.24. The number of rotatable bonds is 2. The average Bonchev–Trinajstić information content (AvgIpc) is 2.64. The zero-order valence-electron chi connectivity index (χ0n) is 7.62. The van der Waals surface area contributed by atoms with E-state index in [1.807, 2.05) is 0 Å². The van der Waals surface area contributed by atoms with Crippen LogP contribution < -0.4 is 0 Å². The summed E-state index contributed by atoms with van der Waals surface area (Å²) in [5.74, 6) is -1.20. The molecule has 0 bridgehead atoms. The van der Waals surface area contributed by atoms with Gasteiger partial charge in [0.15, 0.2) is 0 Å². The van der Waals surface area contributed by atoms with Crippen molar-refractivity contribution in [1.29, 1.82) is 0 Å². The molecule has 1 heterocycles. The number of imidazole rings is 1. The minimum atomic E-state index is -0.598. The van der Waals surface area contributed by atoms with E-state index in [1.165, 1.54) is 18.5 Å². The number of halogens is 3. The number of benzene rings is 1. The van der Waals surface area contributed by atoms with Crippen molar-refractivity contribution < 1.29 is 8.78 Å². The second kappa shape index (κ2) is 4.10. The van der Waals surface area contributed by atoms with Gasteiger partial charge in [-0.05, 0) is 12.1 Å². The van der Waals surface area contributed by atoms with Crippen molar-refractivity contribution in [3.8, 4) is 5.69 Å². The van der Waals surface area contributed by atoms with Crippen LogP contribution in [0.3, 0.4) is 0 Å². The normalized spacial score (nSPS) is 10.6. The standard InChI is InChI=1S/C10H7BrF2N2/c11-4-9-5-15(6-14-9)10-2-7(12)1-8(13)3-10/h1-3,5-6H,4H2. The summed E-state index contributed by atoms with van der Waals surface area (Å²) in [5.41, 5.74) is 1.23. The van der Waals surface area contributed by atoms with Gasteiger partial charge in [-0.3, -0.25) is 0 Å². The highest BCUT2D eigenvalue weighted by Gasteiger charge is 2.03. The van der Waals surface area contributed by atoms with Crippen molar-refractivity contribution in [2.75, 3.05) is 0 Å². The van der Waals surface area contributed by atoms with Crippen molar-refractivity contribution in [3.05, 3.63) is 48.1 Å². The third-order valence-electron chi connectivity index (χ3n) is 1.92. The van der Waals surface area contributed by atoms with Crippen LogP contribution in [0.4, 0.5) is 8.78 Å². The summed E-state index contributed by atoms with van der Waals surface area (Å²) < 4.78 is 27.4. The minimum Gasteiger partial charge on any atom is -0.306 e. The van der Waals surface area contributed by atoms with Crippen LogP contribution in [0.25, 0.3) is 5.69 Å². The van der Waals surface area contributed by atoms with Crippen LogP contribution in [-0.4, -0.2) is 9.55 Å². The highest BCUT2D eigenvalue weighted by atomic mass is 79.9. The first-order valence-corrected chi connectivity index (χ1v) is 5.36. The molecule has 0 saturated heterocycles. The Hall–Kier alpha value is -1.23. The van der Waals surface area contributed by atoms with Crippen LogP contribution in [0.15, 0.2) is 30.7 Å². The Balaban J connectivity index is 2.44. The zero-order chi connectivity index (χ0) is 10.8. The van der Waals surface area contributed by atoms with Crippen molar-refractivity contribution in [2.24, 2.45) is 0 Å². The van der Waals surface area contributed by atoms with Crippen LogP contribution in [0.2, 0.25) is 0 Å². The maximum atomic E-state index is 12.9. The second-order valence-electron chi connectivity index (χ2n) is 3.03. The lowest BCUT2D eigenvalue weighted by Crippen LogP contribution is -1.92. The monoisotopic (exact) mass is 272 g/mol. The molecule has 0 N–H and O–H groups in total. The van der Waals surface area contributed by atoms with Crippen molar-refractivity contribution in [3.63, 3.8) is 0 Å². The SMILES string of the molecule is Fc1cc(F)cc(-n2cnc(CBr)c2)c1. The van der Waals surface area contributed by atoms with Gasteiger partial charge in [0.25, 0.3) is 0 Å². The van der Waals surface area contributed by atoms with Gasteiger partial charge in [-0.25, -0.2) is 13.8 Å². The molecular formula is C10H7BrF2N2. The van der Waals surface area contributed by atoms with E-state index >= 15 is 0 Å². The van der Waals surface area contributed by atoms with Gasteiger partial charge in [0.1, 0.15) is 11.6 Å². The third kappa shape index (κ3) is 2.23. The molecule has 1 aromatic carbocycles. The van der Waals surface area contributed by atoms with Gasteiger partial charge in [0, 0.05) is 17.6 Å². The Morgan fingerprint density at radius 1 is 1.20 bits per heavy atom. The Morgan fingerprint density at radius 3 is 2.40 bits per heavy atom. The van der Waals surface area contributed by atoms with Crippen LogP contribution >= 0.6 is 15.9 Å². The van der Waals surface area contributed by atoms with Crippen LogP contribution in [0, 0.1) is 11.6 Å². The highest BCUT2D eigenvalue weighted by Crippen LogP contribution is 2.14. The molecule has 0 atom stereocenters. The van der Waals surface area contributed by atoms with Crippen LogP contribution in [-0.2, 0) is 5.33 Å². The number of aromatic nitrogens is 2. The molecule has 0 unspecified atom stereocenters. The Kier molecular flexibility index (Phi) is 2.81. The number of hydrogen-bond acceptors (Lipinski definition) is 1. The summed E-state index contributed by atoms with van der Waals surface area (Å²) in [6.07, 6.45) is 3.23. The lowest BCUT2D eigenvalue weighted by atomic mass is 10.3. The topological polar surface area (TPSA) is 17.8 Å². The molecular weight excluding hydrogens is 266 g/mol. The summed E-state index contributed by atoms with van der Waals surface area (Å²) in [7, 11) is 0. The predicted molar refractivity (Wildman–Crippen MR) is 56.1 cm³/mol. The Labute approximate surface area is 93.7 Å². The quantitative estimate of drug-likeness (QED) is 0.769. The highest BCUT2D eigenvalue weighted by molar-refractivity contribution is 9.08. The fraction of sp³-hybridized carbons (Fsp3) is 0.100. The van der Waals surface area contributed by atoms with Gasteiger partial charge in [-0.1, -0.05) is 15.9 Å². The van der Waals surface area contributed by atoms with Gasteiger partial charge in [0.2, 0.25) is 0 Å². The van der Waals surface area contributed by atoms with Crippen molar-refractivity contribution in [1.82, 2.24) is 9.55 Å². The molecule has 0 aliphatic carbocycles. The molecule has 78 valence electrons. The predicted octanol–water partition coefficient (Wildman–Crippen LogP) is 3.05. The molecule has 2 aromatic rings. The molecule has 0 fully saturated rings. The lowest BCUT2D eigenvalue weighted by molar-refractivity contribution is 0.581. The lowest BCUT2D eigenvalue weighted by Gasteiger charge is -2.01. The van der Waals surface area contributed by atoms with E-state index in [1.54, 1.807) is 10.8 Å². The van der Waals surface area contributed by atoms with Crippen molar-refractivity contribution >= 4 is 15.9 Å². The van der Waals surface area contributed by atoms with E-state index in [9.17, 15) is 8.78 Å². The Morgan fingerprint density at radius 2 is 1.87 bits per heavy atom. The van der Waals surface area contributed by atoms with Gasteiger partial charge in [-0.2, -0.15) is 0 Å². The number of nitrogens with zero attached hydrogens (tertiary/aromatic N) is 2. The molecule has 0 saturated carbocycles. The second-order valence-corrected chi connectivity index (χ2v) is 3.59. The average molecular weight is 273 g/mol. The smallest absolute Gasteiger partial charge is 0.128 e. The molecule has 2 nitrogen and oxygen atoms in total. The van der Waals surface area contributed by atoms with Gasteiger partial charge < -0.3 is 4.57 Å². The molecule has 0 amide bonds. The fourth-order valence-corrected chi connectivity index (χ4v) is 1.55. The maximum absolute atomic E-state index is 12.9. The van der Waals surface area contributed by atoms with E-state index in [-0.39, 0.29) is 0 Å². The molecule has 2 rings (SSSR count). The first kappa shape index (κ1) is 10.3. The molecule has 5 heteroatoms. The van der Waals surface area contributed by atoms with Gasteiger partial charge in [-0.15, -0.1) is 0 Å². The molecule has 0 radical (unpaired) electrons. The van der Waals surface area contributed by atoms with E-state index < -0.39 is 11.6 Å². The van der Waals surface area contributed by atoms with Gasteiger partial charge in [0.05, 0.1) is 17.7 Å². The summed E-state index contributed by atoms with van der Waals surface area (Å²) in [6, 6.07) is 3.34. The summed E-state index contributed by atoms with van der Waals surface area (Å²) in [6.45, 7) is 0. The fourth-order valence-electron chi connectivity index (χ4n) is 1.26. The minimum absolute atomic E-state index is 0.423. The summed E-state index contributed by atoms with van der Waals surface area (Å²) >= 11 is 3.25. The third-order valence-corrected chi connectivity index (χ3v) is 2.49. The van der Waals surface area contributed by atoms with Gasteiger partial charge >= 0.3 is 0 Å². The number of hydrogen-bond donors (Lipinski definition) is 0. The summed E-state index contributed by atoms with van der Waals surface area (Å²) in [5, 5.41) is 0.609. The summed E-state index contributed by atoms with van der Waals surface area (Å²) in [4.78, 5) is 4.04. The van der Waals surface area contributed by atoms with Crippen LogP contribution in [0.1, 0.15) is 5.69 Å². The molecule has 0 spiro atoms. The largest absolute Gasteiger partial charge is 0.306 e. The van der Waals surface area contributed by atoms with E-state index in [2.05, 4.69) is 20.9 Å². The Bertz CT molecular complexity index is 462. The van der Waals surface area contributed by atoms with E-state index in [0.717, 1.165) is 11.8 Å². The van der Waals surface area contributed by atoms with E-state index in [0.29, 0.717) is 11.0 Å². The zero-order valence-corrected chi connectivity index (χ0v) is 9.21. The number of alkyl halides is 1. The molecule has 0 aliphatic heterocycles. The first-order chi connectivity index (χ1) is 7.19. The molecule has 15 heavy (non-hydrogen) atoms. The molecule has 1 aromatic heterocycles.